The topological polar surface area (TPSA) is 0 Å². The molecular formula is C27H52. The Morgan fingerprint density at radius 1 is 0.667 bits per heavy atom. The second-order valence-corrected chi connectivity index (χ2v) is 14.2. The van der Waals surface area contributed by atoms with E-state index in [1.54, 1.807) is 0 Å². The Hall–Kier alpha value is 0. The van der Waals surface area contributed by atoms with Gasteiger partial charge in [-0.2, -0.15) is 0 Å². The Kier molecular flexibility index (Phi) is 5.60. The van der Waals surface area contributed by atoms with Crippen LogP contribution in [0, 0.1) is 50.2 Å². The third-order valence-corrected chi connectivity index (χ3v) is 11.1. The number of rotatable bonds is 4. The Bertz CT molecular complexity index is 539. The fraction of sp³-hybridized carbons (Fsp3) is 1.00. The maximum absolute atomic E-state index is 2.64. The first-order valence-electron chi connectivity index (χ1n) is 11.8. The van der Waals surface area contributed by atoms with Crippen molar-refractivity contribution in [2.45, 2.75) is 122 Å². The minimum atomic E-state index is 0.395. The molecule has 27 heavy (non-hydrogen) atoms. The zero-order valence-electron chi connectivity index (χ0n) is 21.3. The second-order valence-electron chi connectivity index (χ2n) is 14.2. The standard InChI is InChI=1S/C27H52/c1-19(2)23(8,9)25(12)14-15-27(17-25)18-26(13,24(10,11)20(3)4)16-21(27)22(5,6)7/h19-21H,14-18H2,1-13H3. The highest BCUT2D eigenvalue weighted by molar-refractivity contribution is 5.14. The number of hydrogen-bond donors (Lipinski definition) is 0. The van der Waals surface area contributed by atoms with E-state index in [-0.39, 0.29) is 0 Å². The summed E-state index contributed by atoms with van der Waals surface area (Å²) in [5, 5.41) is 0. The molecule has 4 unspecified atom stereocenters. The molecular weight excluding hydrogens is 324 g/mol. The fourth-order valence-corrected chi connectivity index (χ4v) is 7.23. The summed E-state index contributed by atoms with van der Waals surface area (Å²) in [5.41, 5.74) is 2.67. The monoisotopic (exact) mass is 376 g/mol. The third-order valence-electron chi connectivity index (χ3n) is 11.1. The van der Waals surface area contributed by atoms with Gasteiger partial charge in [-0.25, -0.2) is 0 Å². The molecule has 4 atom stereocenters. The molecule has 0 nitrogen and oxygen atoms in total. The molecule has 0 heterocycles. The highest BCUT2D eigenvalue weighted by Gasteiger charge is 2.65. The van der Waals surface area contributed by atoms with Crippen LogP contribution in [0.5, 0.6) is 0 Å². The van der Waals surface area contributed by atoms with Gasteiger partial charge >= 0.3 is 0 Å². The van der Waals surface area contributed by atoms with E-state index in [0.717, 1.165) is 17.8 Å². The van der Waals surface area contributed by atoms with Crippen LogP contribution < -0.4 is 0 Å². The molecule has 0 radical (unpaired) electrons. The van der Waals surface area contributed by atoms with Gasteiger partial charge in [-0.15, -0.1) is 0 Å². The van der Waals surface area contributed by atoms with Crippen molar-refractivity contribution in [3.8, 4) is 0 Å². The van der Waals surface area contributed by atoms with Gasteiger partial charge in [0.15, 0.2) is 0 Å². The van der Waals surface area contributed by atoms with Crippen LogP contribution in [0.2, 0.25) is 0 Å². The Balaban J connectivity index is 2.49. The van der Waals surface area contributed by atoms with Crippen molar-refractivity contribution in [1.82, 2.24) is 0 Å². The lowest BCUT2D eigenvalue weighted by molar-refractivity contribution is 0.00776. The zero-order valence-corrected chi connectivity index (χ0v) is 21.3. The van der Waals surface area contributed by atoms with E-state index in [1.807, 2.05) is 0 Å². The normalized spacial score (nSPS) is 38.6. The second kappa shape index (κ2) is 6.50. The van der Waals surface area contributed by atoms with Crippen molar-refractivity contribution in [3.63, 3.8) is 0 Å². The Labute approximate surface area is 172 Å². The largest absolute Gasteiger partial charge is 0.0622 e. The molecule has 2 aliphatic rings. The number of hydrogen-bond acceptors (Lipinski definition) is 0. The Morgan fingerprint density at radius 2 is 1.07 bits per heavy atom. The van der Waals surface area contributed by atoms with E-state index in [9.17, 15) is 0 Å². The zero-order chi connectivity index (χ0) is 21.3. The van der Waals surface area contributed by atoms with Crippen LogP contribution in [-0.4, -0.2) is 0 Å². The molecule has 2 saturated carbocycles. The molecule has 2 rings (SSSR count). The van der Waals surface area contributed by atoms with E-state index < -0.39 is 0 Å². The summed E-state index contributed by atoms with van der Waals surface area (Å²) in [5.74, 6) is 2.32. The quantitative estimate of drug-likeness (QED) is 0.459. The van der Waals surface area contributed by atoms with E-state index in [4.69, 9.17) is 0 Å². The average Bonchev–Trinajstić information content (AvgIpc) is 2.98. The van der Waals surface area contributed by atoms with E-state index in [0.29, 0.717) is 32.5 Å². The predicted octanol–water partition coefficient (Wildman–Crippen LogP) is 8.99. The highest BCUT2D eigenvalue weighted by atomic mass is 14.7. The molecule has 0 aliphatic heterocycles. The van der Waals surface area contributed by atoms with Gasteiger partial charge in [0.25, 0.3) is 0 Å². The molecule has 2 aliphatic carbocycles. The Morgan fingerprint density at radius 3 is 1.48 bits per heavy atom. The summed E-state index contributed by atoms with van der Waals surface area (Å²) in [6.45, 7) is 32.8. The summed E-state index contributed by atoms with van der Waals surface area (Å²) in [6.07, 6.45) is 7.17. The van der Waals surface area contributed by atoms with Gasteiger partial charge in [-0.1, -0.05) is 90.0 Å². The minimum absolute atomic E-state index is 0.395. The van der Waals surface area contributed by atoms with Gasteiger partial charge in [0.1, 0.15) is 0 Å². The average molecular weight is 377 g/mol. The molecule has 0 aromatic heterocycles. The van der Waals surface area contributed by atoms with E-state index in [1.165, 1.54) is 32.1 Å². The van der Waals surface area contributed by atoms with Crippen LogP contribution in [0.3, 0.4) is 0 Å². The molecule has 0 aromatic rings. The summed E-state index contributed by atoms with van der Waals surface area (Å²) < 4.78 is 0. The first-order chi connectivity index (χ1) is 11.8. The van der Waals surface area contributed by atoms with Crippen molar-refractivity contribution in [3.05, 3.63) is 0 Å². The summed E-state index contributed by atoms with van der Waals surface area (Å²) in [4.78, 5) is 0. The lowest BCUT2D eigenvalue weighted by Crippen LogP contribution is -2.40. The third kappa shape index (κ3) is 3.44. The predicted molar refractivity (Wildman–Crippen MR) is 122 cm³/mol. The van der Waals surface area contributed by atoms with Gasteiger partial charge in [-0.05, 0) is 82.3 Å². The first-order valence-corrected chi connectivity index (χ1v) is 11.8. The summed E-state index contributed by atoms with van der Waals surface area (Å²) >= 11 is 0. The van der Waals surface area contributed by atoms with E-state index in [2.05, 4.69) is 90.0 Å². The molecule has 0 saturated heterocycles. The van der Waals surface area contributed by atoms with Crippen LogP contribution in [-0.2, 0) is 0 Å². The first kappa shape index (κ1) is 23.3. The maximum Gasteiger partial charge on any atom is -0.0253 e. The van der Waals surface area contributed by atoms with Gasteiger partial charge in [0.05, 0.1) is 0 Å². The van der Waals surface area contributed by atoms with Gasteiger partial charge in [0.2, 0.25) is 0 Å². The summed E-state index contributed by atoms with van der Waals surface area (Å²) in [7, 11) is 0. The van der Waals surface area contributed by atoms with Gasteiger partial charge in [0, 0.05) is 0 Å². The van der Waals surface area contributed by atoms with Gasteiger partial charge < -0.3 is 0 Å². The molecule has 0 bridgehead atoms. The molecule has 1 spiro atoms. The molecule has 2 fully saturated rings. The lowest BCUT2D eigenvalue weighted by Gasteiger charge is -2.48. The smallest absolute Gasteiger partial charge is 0.0253 e. The molecule has 0 aromatic carbocycles. The fourth-order valence-electron chi connectivity index (χ4n) is 7.23. The molecule has 0 amide bonds. The lowest BCUT2D eigenvalue weighted by atomic mass is 9.56. The van der Waals surface area contributed by atoms with Crippen LogP contribution in [0.1, 0.15) is 122 Å². The van der Waals surface area contributed by atoms with Crippen LogP contribution >= 0.6 is 0 Å². The minimum Gasteiger partial charge on any atom is -0.0622 e. The van der Waals surface area contributed by atoms with Crippen molar-refractivity contribution in [2.75, 3.05) is 0 Å². The molecule has 160 valence electrons. The van der Waals surface area contributed by atoms with Crippen molar-refractivity contribution in [1.29, 1.82) is 0 Å². The van der Waals surface area contributed by atoms with Crippen LogP contribution in [0.4, 0.5) is 0 Å². The molecule has 0 heteroatoms. The van der Waals surface area contributed by atoms with Crippen molar-refractivity contribution in [2.24, 2.45) is 50.2 Å². The van der Waals surface area contributed by atoms with Crippen molar-refractivity contribution < 1.29 is 0 Å². The highest BCUT2D eigenvalue weighted by Crippen LogP contribution is 2.74. The van der Waals surface area contributed by atoms with Crippen LogP contribution in [0.15, 0.2) is 0 Å². The van der Waals surface area contributed by atoms with Gasteiger partial charge in [-0.3, -0.25) is 0 Å². The van der Waals surface area contributed by atoms with Crippen LogP contribution in [0.25, 0.3) is 0 Å². The molecule has 0 N–H and O–H groups in total. The maximum atomic E-state index is 2.64. The summed E-state index contributed by atoms with van der Waals surface area (Å²) in [6, 6.07) is 0. The SMILES string of the molecule is CC(C)C(C)(C)C1(C)CCC2(C1)CC(C)(C(C)(C)C(C)C)CC2C(C)(C)C. The van der Waals surface area contributed by atoms with E-state index >= 15 is 0 Å². The van der Waals surface area contributed by atoms with Crippen molar-refractivity contribution >= 4 is 0 Å².